The molecule has 1 aromatic heterocycles. The number of carbonyl (C=O) groups excluding carboxylic acids is 1. The number of nitrogens with one attached hydrogen (secondary N) is 1. The van der Waals surface area contributed by atoms with Gasteiger partial charge in [0.15, 0.2) is 0 Å². The van der Waals surface area contributed by atoms with Crippen LogP contribution in [0.4, 0.5) is 4.79 Å². The van der Waals surface area contributed by atoms with Gasteiger partial charge in [0, 0.05) is 44.0 Å². The number of rotatable bonds is 12. The molecular formula is C40H55N5O8S2. The number of carbonyl (C=O) groups is 1. The molecule has 3 aliphatic heterocycles. The number of hydrogen-bond acceptors (Lipinski definition) is 10. The van der Waals surface area contributed by atoms with Crippen LogP contribution < -0.4 is 20.3 Å². The Morgan fingerprint density at radius 2 is 1.27 bits per heavy atom. The number of amides is 1. The van der Waals surface area contributed by atoms with Gasteiger partial charge >= 0.3 is 6.09 Å². The molecule has 0 bridgehead atoms. The summed E-state index contributed by atoms with van der Waals surface area (Å²) in [5.41, 5.74) is 4.19. The van der Waals surface area contributed by atoms with E-state index >= 15 is 0 Å². The van der Waals surface area contributed by atoms with Gasteiger partial charge in [-0.1, -0.05) is 24.3 Å². The van der Waals surface area contributed by atoms with Crippen LogP contribution in [0.3, 0.4) is 0 Å². The predicted molar refractivity (Wildman–Crippen MR) is 208 cm³/mol. The van der Waals surface area contributed by atoms with Gasteiger partial charge < -0.3 is 24.4 Å². The minimum atomic E-state index is -3.68. The number of piperidine rings is 2. The van der Waals surface area contributed by atoms with Crippen molar-refractivity contribution in [1.82, 2.24) is 15.2 Å². The van der Waals surface area contributed by atoms with Crippen molar-refractivity contribution in [3.8, 4) is 5.88 Å². The molecule has 7 rings (SSSR count). The topological polar surface area (TPSA) is 193 Å². The molecule has 1 aliphatic carbocycles. The van der Waals surface area contributed by atoms with Gasteiger partial charge in [-0.25, -0.2) is 36.9 Å². The first kappa shape index (κ1) is 41.0. The summed E-state index contributed by atoms with van der Waals surface area (Å²) in [6.45, 7) is 5.86. The van der Waals surface area contributed by atoms with Gasteiger partial charge in [0.1, 0.15) is 6.61 Å². The van der Waals surface area contributed by atoms with Gasteiger partial charge in [0.05, 0.1) is 16.4 Å². The molecule has 4 aliphatic rings. The van der Waals surface area contributed by atoms with Crippen molar-refractivity contribution in [2.24, 2.45) is 28.0 Å². The number of ether oxygens (including phenoxy) is 3. The first-order valence-electron chi connectivity index (χ1n) is 19.5. The van der Waals surface area contributed by atoms with E-state index in [4.69, 9.17) is 29.5 Å². The number of aromatic nitrogens is 1. The molecular weight excluding hydrogens is 743 g/mol. The molecule has 15 heteroatoms. The van der Waals surface area contributed by atoms with Crippen LogP contribution in [0, 0.1) is 17.8 Å². The highest BCUT2D eigenvalue weighted by Gasteiger charge is 2.28. The third-order valence-electron chi connectivity index (χ3n) is 10.9. The number of pyridine rings is 1. The standard InChI is InChI=1S/C28H37N3O6S.C12H18N2O2S/c29-38(33,34)25-5-1-20(2-6-25)15-21-7-11-31(12-8-21)28(32)37-19-23-16-26(24-3-4-24)30-27(17-23)36-18-22-9-13-35-14-10-22;13-17(15,16)12-3-1-10(2-4-12)9-11-5-7-14-8-6-11/h1-2,5-6,16-17,21-22,24H,3-4,7-15,18-19H2,(H2,29,33,34);1-4,11,14H,5-9H2,(H2,13,15,16). The SMILES string of the molecule is NS(=O)(=O)c1ccc(CC2CCN(C(=O)OCc3cc(OCC4CCOCC4)nc(C4CC4)c3)CC2)cc1.NS(=O)(=O)c1ccc(CC2CCNCC2)cc1. The van der Waals surface area contributed by atoms with E-state index in [1.54, 1.807) is 29.2 Å². The van der Waals surface area contributed by atoms with Crippen LogP contribution in [-0.4, -0.2) is 78.8 Å². The Morgan fingerprint density at radius 1 is 0.727 bits per heavy atom. The molecule has 4 fully saturated rings. The molecule has 1 amide bonds. The highest BCUT2D eigenvalue weighted by Crippen LogP contribution is 2.40. The second-order valence-electron chi connectivity index (χ2n) is 15.3. The Kier molecular flexibility index (Phi) is 14.2. The van der Waals surface area contributed by atoms with Crippen LogP contribution >= 0.6 is 0 Å². The van der Waals surface area contributed by atoms with Crippen molar-refractivity contribution in [2.45, 2.75) is 86.5 Å². The largest absolute Gasteiger partial charge is 0.477 e. The average Bonchev–Trinajstić information content (AvgIpc) is 4.04. The Bertz CT molecular complexity index is 1920. The first-order valence-corrected chi connectivity index (χ1v) is 22.6. The number of likely N-dealkylation sites (tertiary alicyclic amines) is 1. The van der Waals surface area contributed by atoms with Gasteiger partial charge in [-0.05, 0) is 142 Å². The van der Waals surface area contributed by atoms with Gasteiger partial charge in [0.25, 0.3) is 0 Å². The molecule has 0 spiro atoms. The van der Waals surface area contributed by atoms with E-state index in [9.17, 15) is 21.6 Å². The molecule has 2 aromatic carbocycles. The summed E-state index contributed by atoms with van der Waals surface area (Å²) in [6.07, 6.45) is 9.99. The maximum absolute atomic E-state index is 12.8. The van der Waals surface area contributed by atoms with Gasteiger partial charge in [-0.15, -0.1) is 0 Å². The lowest BCUT2D eigenvalue weighted by atomic mass is 9.90. The quantitative estimate of drug-likeness (QED) is 0.228. The molecule has 0 radical (unpaired) electrons. The minimum absolute atomic E-state index is 0.121. The second-order valence-corrected chi connectivity index (χ2v) is 18.5. The van der Waals surface area contributed by atoms with E-state index in [2.05, 4.69) is 5.32 Å². The van der Waals surface area contributed by atoms with E-state index in [1.807, 2.05) is 36.4 Å². The van der Waals surface area contributed by atoms with Crippen LogP contribution in [-0.2, 0) is 49.0 Å². The average molecular weight is 798 g/mol. The van der Waals surface area contributed by atoms with E-state index in [-0.39, 0.29) is 22.5 Å². The summed E-state index contributed by atoms with van der Waals surface area (Å²) >= 11 is 0. The number of benzene rings is 2. The summed E-state index contributed by atoms with van der Waals surface area (Å²) in [4.78, 5) is 19.6. The van der Waals surface area contributed by atoms with Gasteiger partial charge in [-0.3, -0.25) is 0 Å². The smallest absolute Gasteiger partial charge is 0.410 e. The molecule has 1 saturated carbocycles. The van der Waals surface area contributed by atoms with Crippen molar-refractivity contribution in [1.29, 1.82) is 0 Å². The maximum Gasteiger partial charge on any atom is 0.410 e. The molecule has 3 saturated heterocycles. The fraction of sp³-hybridized carbons (Fsp3) is 0.550. The number of nitrogens with zero attached hydrogens (tertiary/aromatic N) is 2. The lowest BCUT2D eigenvalue weighted by molar-refractivity contribution is 0.0489. The van der Waals surface area contributed by atoms with Crippen LogP contribution in [0.1, 0.15) is 79.7 Å². The highest BCUT2D eigenvalue weighted by atomic mass is 32.2. The van der Waals surface area contributed by atoms with E-state index < -0.39 is 20.0 Å². The molecule has 13 nitrogen and oxygen atoms in total. The Morgan fingerprint density at radius 3 is 1.80 bits per heavy atom. The van der Waals surface area contributed by atoms with E-state index in [0.717, 1.165) is 94.5 Å². The van der Waals surface area contributed by atoms with Crippen LogP contribution in [0.2, 0.25) is 0 Å². The zero-order valence-corrected chi connectivity index (χ0v) is 33.1. The number of nitrogens with two attached hydrogens (primary N) is 2. The summed E-state index contributed by atoms with van der Waals surface area (Å²) in [6, 6.07) is 17.6. The van der Waals surface area contributed by atoms with E-state index in [0.29, 0.717) is 49.2 Å². The molecule has 5 N–H and O–H groups in total. The summed E-state index contributed by atoms with van der Waals surface area (Å²) in [7, 11) is -7.24. The molecule has 3 aromatic rings. The van der Waals surface area contributed by atoms with Crippen molar-refractivity contribution < 1.29 is 35.8 Å². The van der Waals surface area contributed by atoms with E-state index in [1.165, 1.54) is 18.4 Å². The van der Waals surface area contributed by atoms with Crippen molar-refractivity contribution in [2.75, 3.05) is 46.0 Å². The molecule has 0 unspecified atom stereocenters. The summed E-state index contributed by atoms with van der Waals surface area (Å²) < 4.78 is 62.3. The van der Waals surface area contributed by atoms with Crippen molar-refractivity contribution in [3.05, 3.63) is 83.0 Å². The third kappa shape index (κ3) is 13.0. The van der Waals surface area contributed by atoms with Crippen molar-refractivity contribution >= 4 is 26.1 Å². The van der Waals surface area contributed by atoms with Crippen LogP contribution in [0.25, 0.3) is 0 Å². The number of sulfonamides is 2. The van der Waals surface area contributed by atoms with Gasteiger partial charge in [0.2, 0.25) is 25.9 Å². The summed E-state index contributed by atoms with van der Waals surface area (Å²) in [5, 5.41) is 13.6. The van der Waals surface area contributed by atoms with Crippen LogP contribution in [0.15, 0.2) is 70.5 Å². The minimum Gasteiger partial charge on any atom is -0.477 e. The third-order valence-corrected chi connectivity index (χ3v) is 12.8. The van der Waals surface area contributed by atoms with Crippen LogP contribution in [0.5, 0.6) is 5.88 Å². The fourth-order valence-electron chi connectivity index (χ4n) is 7.38. The lowest BCUT2D eigenvalue weighted by Crippen LogP contribution is -2.39. The molecule has 55 heavy (non-hydrogen) atoms. The predicted octanol–water partition coefficient (Wildman–Crippen LogP) is 4.88. The Balaban J connectivity index is 0.000000252. The second kappa shape index (κ2) is 19.0. The Labute approximate surface area is 325 Å². The number of hydrogen-bond donors (Lipinski definition) is 3. The maximum atomic E-state index is 12.8. The molecule has 300 valence electrons. The lowest BCUT2D eigenvalue weighted by Gasteiger charge is -2.31. The zero-order chi connectivity index (χ0) is 38.8. The number of primary sulfonamides is 2. The monoisotopic (exact) mass is 797 g/mol. The first-order chi connectivity index (χ1) is 26.4. The zero-order valence-electron chi connectivity index (χ0n) is 31.4. The normalized spacial score (nSPS) is 19.0. The Hall–Kier alpha value is -3.60. The molecule has 0 atom stereocenters. The van der Waals surface area contributed by atoms with Crippen molar-refractivity contribution in [3.63, 3.8) is 0 Å². The highest BCUT2D eigenvalue weighted by molar-refractivity contribution is 7.89. The molecule has 4 heterocycles. The fourth-order valence-corrected chi connectivity index (χ4v) is 8.41. The summed E-state index contributed by atoms with van der Waals surface area (Å²) in [5.74, 6) is 2.71. The van der Waals surface area contributed by atoms with Gasteiger partial charge in [-0.2, -0.15) is 0 Å².